The van der Waals surface area contributed by atoms with Gasteiger partial charge in [-0.15, -0.1) is 0 Å². The number of hydrogen-bond donors (Lipinski definition) is 2. The minimum atomic E-state index is -0.606. The third-order valence-corrected chi connectivity index (χ3v) is 5.81. The zero-order chi connectivity index (χ0) is 21.3. The molecule has 0 bridgehead atoms. The van der Waals surface area contributed by atoms with E-state index in [2.05, 4.69) is 20.4 Å². The number of rotatable bonds is 7. The van der Waals surface area contributed by atoms with Crippen LogP contribution in [0.5, 0.6) is 0 Å². The van der Waals surface area contributed by atoms with Crippen LogP contribution in [0, 0.1) is 0 Å². The van der Waals surface area contributed by atoms with Crippen molar-refractivity contribution < 1.29 is 9.59 Å². The Morgan fingerprint density at radius 3 is 2.17 bits per heavy atom. The fourth-order valence-corrected chi connectivity index (χ4v) is 3.65. The second-order valence-electron chi connectivity index (χ2n) is 7.29. The minimum absolute atomic E-state index is 0.341. The monoisotopic (exact) mass is 448 g/mol. The van der Waals surface area contributed by atoms with Crippen LogP contribution in [-0.4, -0.2) is 60.9 Å². The molecule has 1 heterocycles. The molecule has 2 aromatic carbocycles. The van der Waals surface area contributed by atoms with Crippen LogP contribution in [-0.2, 0) is 22.7 Å². The Hall–Kier alpha value is -2.12. The van der Waals surface area contributed by atoms with E-state index >= 15 is 0 Å². The number of nitrogens with one attached hydrogen (secondary N) is 2. The zero-order valence-electron chi connectivity index (χ0n) is 16.7. The Balaban J connectivity index is 1.31. The van der Waals surface area contributed by atoms with Gasteiger partial charge in [0.25, 0.3) is 0 Å². The first-order valence-electron chi connectivity index (χ1n) is 10.00. The highest BCUT2D eigenvalue weighted by Crippen LogP contribution is 2.23. The average Bonchev–Trinajstić information content (AvgIpc) is 2.76. The van der Waals surface area contributed by atoms with Gasteiger partial charge in [0.1, 0.15) is 0 Å². The summed E-state index contributed by atoms with van der Waals surface area (Å²) in [6, 6.07) is 15.2. The van der Waals surface area contributed by atoms with E-state index < -0.39 is 11.8 Å². The van der Waals surface area contributed by atoms with Gasteiger partial charge in [-0.25, -0.2) is 0 Å². The van der Waals surface area contributed by atoms with E-state index in [0.717, 1.165) is 50.4 Å². The van der Waals surface area contributed by atoms with E-state index in [1.165, 1.54) is 0 Å². The van der Waals surface area contributed by atoms with E-state index in [0.29, 0.717) is 23.1 Å². The molecule has 1 fully saturated rings. The molecule has 1 aliphatic rings. The summed E-state index contributed by atoms with van der Waals surface area (Å²) in [5.41, 5.74) is 2.10. The van der Waals surface area contributed by atoms with Crippen LogP contribution < -0.4 is 10.6 Å². The smallest absolute Gasteiger partial charge is 0.309 e. The molecule has 0 aromatic heterocycles. The summed E-state index contributed by atoms with van der Waals surface area (Å²) in [6.07, 6.45) is 0. The molecule has 3 rings (SSSR count). The van der Waals surface area contributed by atoms with Gasteiger partial charge in [0, 0.05) is 52.4 Å². The lowest BCUT2D eigenvalue weighted by molar-refractivity contribution is -0.139. The second-order valence-corrected chi connectivity index (χ2v) is 8.10. The first-order chi connectivity index (χ1) is 14.5. The molecular formula is C22H26Cl2N4O2. The molecular weight excluding hydrogens is 423 g/mol. The fraction of sp³-hybridized carbons (Fsp3) is 0.364. The predicted molar refractivity (Wildman–Crippen MR) is 119 cm³/mol. The molecule has 0 unspecified atom stereocenters. The van der Waals surface area contributed by atoms with Gasteiger partial charge in [0.2, 0.25) is 0 Å². The average molecular weight is 449 g/mol. The molecule has 30 heavy (non-hydrogen) atoms. The van der Waals surface area contributed by atoms with Crippen molar-refractivity contribution in [3.63, 3.8) is 0 Å². The van der Waals surface area contributed by atoms with Crippen molar-refractivity contribution in [2.24, 2.45) is 0 Å². The molecule has 0 aliphatic carbocycles. The number of halogens is 2. The lowest BCUT2D eigenvalue weighted by atomic mass is 10.2. The Bertz CT molecular complexity index is 855. The Kier molecular flexibility index (Phi) is 8.51. The van der Waals surface area contributed by atoms with Gasteiger partial charge in [-0.05, 0) is 23.3 Å². The summed E-state index contributed by atoms with van der Waals surface area (Å²) in [5.74, 6) is -1.20. The van der Waals surface area contributed by atoms with Crippen molar-refractivity contribution in [2.45, 2.75) is 13.1 Å². The maximum Gasteiger partial charge on any atom is 0.309 e. The van der Waals surface area contributed by atoms with Crippen molar-refractivity contribution in [1.29, 1.82) is 0 Å². The van der Waals surface area contributed by atoms with Crippen LogP contribution in [0.25, 0.3) is 0 Å². The summed E-state index contributed by atoms with van der Waals surface area (Å²) in [7, 11) is 0. The number of carbonyl (C=O) groups is 2. The third kappa shape index (κ3) is 6.99. The van der Waals surface area contributed by atoms with Crippen molar-refractivity contribution >= 4 is 35.0 Å². The molecule has 8 heteroatoms. The summed E-state index contributed by atoms with van der Waals surface area (Å²) >= 11 is 12.1. The van der Waals surface area contributed by atoms with E-state index in [9.17, 15) is 9.59 Å². The zero-order valence-corrected chi connectivity index (χ0v) is 18.3. The highest BCUT2D eigenvalue weighted by molar-refractivity contribution is 6.42. The molecule has 0 saturated carbocycles. The standard InChI is InChI=1S/C22H26Cl2N4O2/c23-19-7-6-18(14-20(19)24)16-28-12-10-27(11-13-28)9-8-25-21(29)22(30)26-15-17-4-2-1-3-5-17/h1-7,14H,8-13,15-16H2,(H,25,29)(H,26,30). The molecule has 0 spiro atoms. The van der Waals surface area contributed by atoms with Gasteiger partial charge in [-0.1, -0.05) is 59.6 Å². The number of hydrogen-bond acceptors (Lipinski definition) is 4. The van der Waals surface area contributed by atoms with Crippen molar-refractivity contribution in [3.05, 3.63) is 69.7 Å². The van der Waals surface area contributed by atoms with E-state index in [-0.39, 0.29) is 0 Å². The molecule has 2 N–H and O–H groups in total. The SMILES string of the molecule is O=C(NCCN1CCN(Cc2ccc(Cl)c(Cl)c2)CC1)C(=O)NCc1ccccc1. The molecule has 0 radical (unpaired) electrons. The first-order valence-corrected chi connectivity index (χ1v) is 10.8. The number of nitrogens with zero attached hydrogens (tertiary/aromatic N) is 2. The van der Waals surface area contributed by atoms with Gasteiger partial charge in [-0.2, -0.15) is 0 Å². The Morgan fingerprint density at radius 1 is 0.800 bits per heavy atom. The largest absolute Gasteiger partial charge is 0.347 e. The first kappa shape index (κ1) is 22.6. The predicted octanol–water partition coefficient (Wildman–Crippen LogP) is 2.54. The third-order valence-electron chi connectivity index (χ3n) is 5.07. The lowest BCUT2D eigenvalue weighted by Gasteiger charge is -2.34. The molecule has 0 atom stereocenters. The van der Waals surface area contributed by atoms with Gasteiger partial charge in [-0.3, -0.25) is 19.4 Å². The molecule has 2 aromatic rings. The lowest BCUT2D eigenvalue weighted by Crippen LogP contribution is -2.49. The quantitative estimate of drug-likeness (QED) is 0.638. The van der Waals surface area contributed by atoms with Gasteiger partial charge in [0.15, 0.2) is 0 Å². The molecule has 6 nitrogen and oxygen atoms in total. The van der Waals surface area contributed by atoms with Crippen LogP contribution in [0.2, 0.25) is 10.0 Å². The Morgan fingerprint density at radius 2 is 1.47 bits per heavy atom. The highest BCUT2D eigenvalue weighted by Gasteiger charge is 2.18. The van der Waals surface area contributed by atoms with E-state index in [4.69, 9.17) is 23.2 Å². The van der Waals surface area contributed by atoms with Crippen molar-refractivity contribution in [3.8, 4) is 0 Å². The van der Waals surface area contributed by atoms with E-state index in [1.807, 2.05) is 48.5 Å². The van der Waals surface area contributed by atoms with Gasteiger partial charge >= 0.3 is 11.8 Å². The van der Waals surface area contributed by atoms with Crippen LogP contribution >= 0.6 is 23.2 Å². The van der Waals surface area contributed by atoms with E-state index in [1.54, 1.807) is 0 Å². The summed E-state index contributed by atoms with van der Waals surface area (Å²) in [6.45, 7) is 6.05. The topological polar surface area (TPSA) is 64.7 Å². The fourth-order valence-electron chi connectivity index (χ4n) is 3.33. The number of benzene rings is 2. The maximum absolute atomic E-state index is 11.9. The second kappa shape index (κ2) is 11.3. The van der Waals surface area contributed by atoms with Gasteiger partial charge in [0.05, 0.1) is 10.0 Å². The summed E-state index contributed by atoms with van der Waals surface area (Å²) in [5, 5.41) is 6.48. The number of piperazine rings is 1. The number of carbonyl (C=O) groups excluding carboxylic acids is 2. The van der Waals surface area contributed by atoms with Gasteiger partial charge < -0.3 is 10.6 Å². The highest BCUT2D eigenvalue weighted by atomic mass is 35.5. The van der Waals surface area contributed by atoms with Crippen molar-refractivity contribution in [2.75, 3.05) is 39.3 Å². The van der Waals surface area contributed by atoms with Crippen LogP contribution in [0.4, 0.5) is 0 Å². The maximum atomic E-state index is 11.9. The van der Waals surface area contributed by atoms with Crippen LogP contribution in [0.1, 0.15) is 11.1 Å². The molecule has 160 valence electrons. The molecule has 1 saturated heterocycles. The Labute approximate surface area is 187 Å². The van der Waals surface area contributed by atoms with Crippen molar-refractivity contribution in [1.82, 2.24) is 20.4 Å². The summed E-state index contributed by atoms with van der Waals surface area (Å²) in [4.78, 5) is 28.5. The normalized spacial score (nSPS) is 15.0. The van der Waals surface area contributed by atoms with Crippen LogP contribution in [0.3, 0.4) is 0 Å². The summed E-state index contributed by atoms with van der Waals surface area (Å²) < 4.78 is 0. The van der Waals surface area contributed by atoms with Crippen LogP contribution in [0.15, 0.2) is 48.5 Å². The minimum Gasteiger partial charge on any atom is -0.347 e. The molecule has 1 aliphatic heterocycles. The molecule has 2 amide bonds. The number of amides is 2.